The summed E-state index contributed by atoms with van der Waals surface area (Å²) in [5.41, 5.74) is -0.0134. The number of amides is 2. The summed E-state index contributed by atoms with van der Waals surface area (Å²) in [5.74, 6) is -1.33. The Morgan fingerprint density at radius 2 is 1.84 bits per heavy atom. The van der Waals surface area contributed by atoms with Gasteiger partial charge in [0.2, 0.25) is 21.8 Å². The number of ether oxygens (including phenoxy) is 1. The first kappa shape index (κ1) is 24.8. The topological polar surface area (TPSA) is 122 Å². The van der Waals surface area contributed by atoms with Crippen LogP contribution in [0.3, 0.4) is 0 Å². The van der Waals surface area contributed by atoms with Gasteiger partial charge >= 0.3 is 5.97 Å². The van der Waals surface area contributed by atoms with E-state index in [2.05, 4.69) is 15.4 Å². The van der Waals surface area contributed by atoms with Gasteiger partial charge < -0.3 is 15.4 Å². The van der Waals surface area contributed by atoms with E-state index in [1.165, 1.54) is 23.5 Å². The number of hydrogen-bond acceptors (Lipinski definition) is 6. The summed E-state index contributed by atoms with van der Waals surface area (Å²) in [7, 11) is -2.69. The van der Waals surface area contributed by atoms with Gasteiger partial charge in [-0.1, -0.05) is 19.1 Å². The second-order valence-electron chi connectivity index (χ2n) is 7.58. The quantitative estimate of drug-likeness (QED) is 0.544. The van der Waals surface area contributed by atoms with Gasteiger partial charge in [0.05, 0.1) is 17.6 Å². The molecular formula is C21H31N3O6S. The molecule has 1 aromatic rings. The average molecular weight is 454 g/mol. The highest BCUT2D eigenvalue weighted by Gasteiger charge is 2.34. The fourth-order valence-electron chi connectivity index (χ4n) is 3.36. The largest absolute Gasteiger partial charge is 0.465 e. The maximum Gasteiger partial charge on any atom is 0.339 e. The van der Waals surface area contributed by atoms with Gasteiger partial charge in [0, 0.05) is 38.0 Å². The van der Waals surface area contributed by atoms with E-state index in [0.717, 1.165) is 6.42 Å². The van der Waals surface area contributed by atoms with Crippen LogP contribution in [0.5, 0.6) is 0 Å². The summed E-state index contributed by atoms with van der Waals surface area (Å²) >= 11 is 0. The zero-order valence-corrected chi connectivity index (χ0v) is 19.0. The Balaban J connectivity index is 1.90. The average Bonchev–Trinajstić information content (AvgIpc) is 2.78. The van der Waals surface area contributed by atoms with Crippen molar-refractivity contribution in [3.05, 3.63) is 29.8 Å². The molecule has 172 valence electrons. The van der Waals surface area contributed by atoms with Crippen LogP contribution in [0.1, 0.15) is 49.9 Å². The SMILES string of the molecule is CCC(C)NC(=O)CCNC(=O)C1CCN(S(=O)(=O)c2ccccc2C(=O)OC)CC1. The molecular weight excluding hydrogens is 422 g/mol. The minimum absolute atomic E-state index is 0.0134. The zero-order valence-electron chi connectivity index (χ0n) is 18.2. The van der Waals surface area contributed by atoms with Crippen LogP contribution >= 0.6 is 0 Å². The Kier molecular flexibility index (Phi) is 9.00. The van der Waals surface area contributed by atoms with Crippen LogP contribution in [-0.2, 0) is 24.3 Å². The molecule has 2 amide bonds. The maximum absolute atomic E-state index is 13.0. The lowest BCUT2D eigenvalue weighted by atomic mass is 9.97. The summed E-state index contributed by atoms with van der Waals surface area (Å²) in [4.78, 5) is 36.0. The smallest absolute Gasteiger partial charge is 0.339 e. The van der Waals surface area contributed by atoms with Gasteiger partial charge in [0.1, 0.15) is 0 Å². The fraction of sp³-hybridized carbons (Fsp3) is 0.571. The molecule has 2 rings (SSSR count). The highest BCUT2D eigenvalue weighted by molar-refractivity contribution is 7.89. The highest BCUT2D eigenvalue weighted by Crippen LogP contribution is 2.26. The predicted molar refractivity (Wildman–Crippen MR) is 115 cm³/mol. The van der Waals surface area contributed by atoms with E-state index < -0.39 is 16.0 Å². The minimum atomic E-state index is -3.89. The van der Waals surface area contributed by atoms with Crippen LogP contribution in [0, 0.1) is 5.92 Å². The van der Waals surface area contributed by atoms with Gasteiger partial charge in [-0.2, -0.15) is 4.31 Å². The van der Waals surface area contributed by atoms with Crippen molar-refractivity contribution in [2.75, 3.05) is 26.7 Å². The van der Waals surface area contributed by atoms with Gasteiger partial charge in [-0.3, -0.25) is 9.59 Å². The highest BCUT2D eigenvalue weighted by atomic mass is 32.2. The van der Waals surface area contributed by atoms with Crippen molar-refractivity contribution in [1.29, 1.82) is 0 Å². The van der Waals surface area contributed by atoms with Crippen LogP contribution in [0.15, 0.2) is 29.2 Å². The van der Waals surface area contributed by atoms with Gasteiger partial charge in [-0.05, 0) is 38.3 Å². The van der Waals surface area contributed by atoms with Crippen LogP contribution in [0.4, 0.5) is 0 Å². The van der Waals surface area contributed by atoms with Crippen molar-refractivity contribution in [1.82, 2.24) is 14.9 Å². The molecule has 1 unspecified atom stereocenters. The van der Waals surface area contributed by atoms with E-state index in [-0.39, 0.29) is 60.3 Å². The molecule has 0 aliphatic carbocycles. The number of hydrogen-bond donors (Lipinski definition) is 2. The molecule has 1 aliphatic heterocycles. The zero-order chi connectivity index (χ0) is 23.0. The van der Waals surface area contributed by atoms with Gasteiger partial charge in [0.25, 0.3) is 0 Å². The lowest BCUT2D eigenvalue weighted by molar-refractivity contribution is -0.126. The summed E-state index contributed by atoms with van der Waals surface area (Å²) in [6, 6.07) is 6.02. The number of piperidine rings is 1. The van der Waals surface area contributed by atoms with Crippen molar-refractivity contribution in [2.45, 2.75) is 50.5 Å². The van der Waals surface area contributed by atoms with Crippen molar-refractivity contribution in [2.24, 2.45) is 5.92 Å². The molecule has 2 N–H and O–H groups in total. The molecule has 0 radical (unpaired) electrons. The number of sulfonamides is 1. The molecule has 31 heavy (non-hydrogen) atoms. The normalized spacial score (nSPS) is 16.4. The number of esters is 1. The standard InChI is InChI=1S/C21H31N3O6S/c1-4-15(2)23-19(25)9-12-22-20(26)16-10-13-24(14-11-16)31(28,29)18-8-6-5-7-17(18)21(27)30-3/h5-8,15-16H,4,9-14H2,1-3H3,(H,22,26)(H,23,25). The maximum atomic E-state index is 13.0. The van der Waals surface area contributed by atoms with Crippen molar-refractivity contribution in [3.63, 3.8) is 0 Å². The summed E-state index contributed by atoms with van der Waals surface area (Å²) in [6.07, 6.45) is 1.77. The van der Waals surface area contributed by atoms with E-state index in [9.17, 15) is 22.8 Å². The number of rotatable bonds is 9. The molecule has 0 aromatic heterocycles. The predicted octanol–water partition coefficient (Wildman–Crippen LogP) is 1.29. The van der Waals surface area contributed by atoms with E-state index in [1.807, 2.05) is 13.8 Å². The van der Waals surface area contributed by atoms with E-state index in [4.69, 9.17) is 0 Å². The molecule has 0 saturated carbocycles. The van der Waals surface area contributed by atoms with Crippen molar-refractivity contribution in [3.8, 4) is 0 Å². The van der Waals surface area contributed by atoms with Crippen molar-refractivity contribution >= 4 is 27.8 Å². The molecule has 10 heteroatoms. The van der Waals surface area contributed by atoms with Gasteiger partial charge in [0.15, 0.2) is 0 Å². The Labute approximate surface area is 183 Å². The third-order valence-electron chi connectivity index (χ3n) is 5.41. The first-order chi connectivity index (χ1) is 14.7. The molecule has 1 aliphatic rings. The monoisotopic (exact) mass is 453 g/mol. The Morgan fingerprint density at radius 3 is 2.45 bits per heavy atom. The molecule has 1 fully saturated rings. The molecule has 1 heterocycles. The van der Waals surface area contributed by atoms with Crippen LogP contribution in [-0.4, -0.2) is 63.3 Å². The Hall–Kier alpha value is -2.46. The lowest BCUT2D eigenvalue weighted by Crippen LogP contribution is -2.44. The molecule has 1 atom stereocenters. The fourth-order valence-corrected chi connectivity index (χ4v) is 5.01. The first-order valence-corrected chi connectivity index (χ1v) is 11.9. The van der Waals surface area contributed by atoms with Crippen LogP contribution in [0.2, 0.25) is 0 Å². The van der Waals surface area contributed by atoms with Gasteiger partial charge in [-0.25, -0.2) is 13.2 Å². The summed E-state index contributed by atoms with van der Waals surface area (Å²) < 4.78 is 32.1. The molecule has 9 nitrogen and oxygen atoms in total. The van der Waals surface area contributed by atoms with E-state index in [0.29, 0.717) is 12.8 Å². The minimum Gasteiger partial charge on any atom is -0.465 e. The second kappa shape index (κ2) is 11.2. The van der Waals surface area contributed by atoms with Gasteiger partial charge in [-0.15, -0.1) is 0 Å². The van der Waals surface area contributed by atoms with E-state index in [1.54, 1.807) is 12.1 Å². The van der Waals surface area contributed by atoms with E-state index >= 15 is 0 Å². The summed E-state index contributed by atoms with van der Waals surface area (Å²) in [6.45, 7) is 4.48. The van der Waals surface area contributed by atoms with Crippen LogP contribution in [0.25, 0.3) is 0 Å². The lowest BCUT2D eigenvalue weighted by Gasteiger charge is -2.31. The Bertz CT molecular complexity index is 894. The number of nitrogens with one attached hydrogen (secondary N) is 2. The molecule has 0 bridgehead atoms. The number of benzene rings is 1. The van der Waals surface area contributed by atoms with Crippen molar-refractivity contribution < 1.29 is 27.5 Å². The molecule has 1 saturated heterocycles. The third-order valence-corrected chi connectivity index (χ3v) is 7.36. The third kappa shape index (κ3) is 6.51. The number of nitrogens with zero attached hydrogens (tertiary/aromatic N) is 1. The number of carbonyl (C=O) groups is 3. The second-order valence-corrected chi connectivity index (χ2v) is 9.49. The summed E-state index contributed by atoms with van der Waals surface area (Å²) in [5, 5.41) is 5.60. The molecule has 0 spiro atoms. The van der Waals surface area contributed by atoms with Crippen LogP contribution < -0.4 is 10.6 Å². The number of methoxy groups -OCH3 is 1. The molecule has 1 aromatic carbocycles. The Morgan fingerprint density at radius 1 is 1.19 bits per heavy atom. The number of carbonyl (C=O) groups excluding carboxylic acids is 3. The first-order valence-electron chi connectivity index (χ1n) is 10.4.